The molecule has 0 unspecified atom stereocenters. The molecule has 0 aliphatic carbocycles. The Morgan fingerprint density at radius 2 is 1.65 bits per heavy atom. The molecule has 2 rings (SSSR count). The Bertz CT molecular complexity index is 782. The maximum Gasteiger partial charge on any atom is 0.387 e. The maximum atomic E-state index is 12.8. The van der Waals surface area contributed by atoms with Crippen LogP contribution in [-0.2, 0) is 0 Å². The number of benzene rings is 2. The highest BCUT2D eigenvalue weighted by atomic mass is 19.3. The molecule has 0 spiro atoms. The van der Waals surface area contributed by atoms with Gasteiger partial charge in [-0.1, -0.05) is 0 Å². The third kappa shape index (κ3) is 5.72. The smallest absolute Gasteiger partial charge is 0.387 e. The second-order valence-electron chi connectivity index (χ2n) is 4.66. The molecule has 0 aliphatic rings. The molecule has 0 saturated heterocycles. The Morgan fingerprint density at radius 3 is 2.27 bits per heavy atom. The number of rotatable bonds is 7. The highest BCUT2D eigenvalue weighted by Gasteiger charge is 2.13. The van der Waals surface area contributed by atoms with E-state index in [1.165, 1.54) is 12.1 Å². The van der Waals surface area contributed by atoms with Crippen LogP contribution in [0.3, 0.4) is 0 Å². The molecule has 138 valence electrons. The number of hydrazone groups is 1. The third-order valence-electron chi connectivity index (χ3n) is 2.90. The van der Waals surface area contributed by atoms with E-state index in [1.807, 2.05) is 0 Å². The van der Waals surface area contributed by atoms with Crippen LogP contribution in [0.25, 0.3) is 0 Å². The zero-order valence-corrected chi connectivity index (χ0v) is 12.8. The summed E-state index contributed by atoms with van der Waals surface area (Å²) in [7, 11) is 0. The molecule has 10 heteroatoms. The van der Waals surface area contributed by atoms with E-state index in [4.69, 9.17) is 0 Å². The lowest BCUT2D eigenvalue weighted by atomic mass is 10.2. The lowest BCUT2D eigenvalue weighted by Crippen LogP contribution is -2.17. The van der Waals surface area contributed by atoms with E-state index in [0.717, 1.165) is 36.5 Å². The maximum absolute atomic E-state index is 12.8. The summed E-state index contributed by atoms with van der Waals surface area (Å²) in [5, 5.41) is 3.57. The van der Waals surface area contributed by atoms with Crippen LogP contribution in [0.5, 0.6) is 11.5 Å². The SMILES string of the molecule is O=C(N/N=C\c1ccc(OC(F)F)cc1OC(F)F)c1ccc(F)cc1. The first-order chi connectivity index (χ1) is 12.3. The minimum absolute atomic E-state index is 0.0219. The second kappa shape index (κ2) is 8.79. The topological polar surface area (TPSA) is 59.9 Å². The van der Waals surface area contributed by atoms with Crippen molar-refractivity contribution < 1.29 is 36.2 Å². The quantitative estimate of drug-likeness (QED) is 0.456. The number of alkyl halides is 4. The zero-order valence-electron chi connectivity index (χ0n) is 12.8. The number of carbonyl (C=O) groups is 1. The molecule has 1 N–H and O–H groups in total. The number of nitrogens with zero attached hydrogens (tertiary/aromatic N) is 1. The fourth-order valence-electron chi connectivity index (χ4n) is 1.82. The van der Waals surface area contributed by atoms with Gasteiger partial charge < -0.3 is 9.47 Å². The fourth-order valence-corrected chi connectivity index (χ4v) is 1.82. The minimum atomic E-state index is -3.21. The zero-order chi connectivity index (χ0) is 19.1. The van der Waals surface area contributed by atoms with Gasteiger partial charge in [-0.15, -0.1) is 0 Å². The van der Waals surface area contributed by atoms with Crippen molar-refractivity contribution in [1.29, 1.82) is 0 Å². The molecule has 1 amide bonds. The Morgan fingerprint density at radius 1 is 1.00 bits per heavy atom. The normalized spacial score (nSPS) is 11.2. The summed E-state index contributed by atoms with van der Waals surface area (Å²) < 4.78 is 70.4. The minimum Gasteiger partial charge on any atom is -0.435 e. The molecule has 26 heavy (non-hydrogen) atoms. The summed E-state index contributed by atoms with van der Waals surface area (Å²) in [5.74, 6) is -2.05. The number of nitrogens with one attached hydrogen (secondary N) is 1. The van der Waals surface area contributed by atoms with Gasteiger partial charge in [0.2, 0.25) is 0 Å². The summed E-state index contributed by atoms with van der Waals surface area (Å²) in [6.07, 6.45) is 0.977. The van der Waals surface area contributed by atoms with Crippen LogP contribution in [0.4, 0.5) is 22.0 Å². The summed E-state index contributed by atoms with van der Waals surface area (Å²) in [4.78, 5) is 11.8. The van der Waals surface area contributed by atoms with Crippen LogP contribution < -0.4 is 14.9 Å². The largest absolute Gasteiger partial charge is 0.435 e. The molecule has 2 aromatic carbocycles. The van der Waals surface area contributed by atoms with Gasteiger partial charge >= 0.3 is 13.2 Å². The van der Waals surface area contributed by atoms with Crippen LogP contribution in [-0.4, -0.2) is 25.3 Å². The molecule has 0 fully saturated rings. The molecule has 0 radical (unpaired) electrons. The van der Waals surface area contributed by atoms with Crippen molar-refractivity contribution in [1.82, 2.24) is 5.43 Å². The number of halogens is 5. The van der Waals surface area contributed by atoms with Crippen molar-refractivity contribution in [2.45, 2.75) is 13.2 Å². The van der Waals surface area contributed by atoms with E-state index in [9.17, 15) is 26.7 Å². The summed E-state index contributed by atoms with van der Waals surface area (Å²) in [5.41, 5.74) is 2.20. The lowest BCUT2D eigenvalue weighted by molar-refractivity contribution is -0.0543. The van der Waals surface area contributed by atoms with Crippen LogP contribution in [0.15, 0.2) is 47.6 Å². The first-order valence-corrected chi connectivity index (χ1v) is 6.98. The molecular formula is C16H11F5N2O3. The van der Waals surface area contributed by atoms with E-state index in [0.29, 0.717) is 0 Å². The van der Waals surface area contributed by atoms with Crippen molar-refractivity contribution >= 4 is 12.1 Å². The predicted octanol–water partition coefficient (Wildman–Crippen LogP) is 3.79. The number of ether oxygens (including phenoxy) is 2. The Labute approximate surface area is 144 Å². The summed E-state index contributed by atoms with van der Waals surface area (Å²) in [6, 6.07) is 7.67. The van der Waals surface area contributed by atoms with Gasteiger partial charge in [0.1, 0.15) is 17.3 Å². The van der Waals surface area contributed by atoms with E-state index < -0.39 is 30.7 Å². The standard InChI is InChI=1S/C16H11F5N2O3/c17-11-4-1-9(2-5-11)14(24)23-22-8-10-3-6-12(25-15(18)19)7-13(10)26-16(20)21/h1-8,15-16H,(H,23,24)/b22-8-. The Hall–Kier alpha value is -3.17. The van der Waals surface area contributed by atoms with Gasteiger partial charge in [-0.25, -0.2) is 9.82 Å². The number of amides is 1. The average Bonchev–Trinajstić information content (AvgIpc) is 2.56. The fraction of sp³-hybridized carbons (Fsp3) is 0.125. The van der Waals surface area contributed by atoms with Gasteiger partial charge in [0.05, 0.1) is 6.21 Å². The number of carbonyl (C=O) groups excluding carboxylic acids is 1. The van der Waals surface area contributed by atoms with Gasteiger partial charge in [0.15, 0.2) is 0 Å². The van der Waals surface area contributed by atoms with E-state index in [1.54, 1.807) is 0 Å². The van der Waals surface area contributed by atoms with Crippen molar-refractivity contribution in [2.24, 2.45) is 5.10 Å². The van der Waals surface area contributed by atoms with Gasteiger partial charge in [0.25, 0.3) is 5.91 Å². The van der Waals surface area contributed by atoms with Gasteiger partial charge in [-0.05, 0) is 36.4 Å². The van der Waals surface area contributed by atoms with Crippen molar-refractivity contribution in [3.63, 3.8) is 0 Å². The molecule has 0 aromatic heterocycles. The molecule has 0 atom stereocenters. The molecule has 5 nitrogen and oxygen atoms in total. The molecule has 0 heterocycles. The monoisotopic (exact) mass is 374 g/mol. The summed E-state index contributed by atoms with van der Waals surface area (Å²) in [6.45, 7) is -6.35. The predicted molar refractivity (Wildman–Crippen MR) is 81.2 cm³/mol. The van der Waals surface area contributed by atoms with Crippen LogP contribution in [0.1, 0.15) is 15.9 Å². The van der Waals surface area contributed by atoms with Gasteiger partial charge in [-0.3, -0.25) is 4.79 Å². The molecule has 0 aliphatic heterocycles. The first-order valence-electron chi connectivity index (χ1n) is 6.98. The lowest BCUT2D eigenvalue weighted by Gasteiger charge is -2.10. The van der Waals surface area contributed by atoms with E-state index >= 15 is 0 Å². The number of hydrogen-bond acceptors (Lipinski definition) is 4. The van der Waals surface area contributed by atoms with Crippen molar-refractivity contribution in [3.05, 3.63) is 59.4 Å². The van der Waals surface area contributed by atoms with Crippen molar-refractivity contribution in [2.75, 3.05) is 0 Å². The highest BCUT2D eigenvalue weighted by molar-refractivity contribution is 5.95. The van der Waals surface area contributed by atoms with Crippen LogP contribution >= 0.6 is 0 Å². The Balaban J connectivity index is 2.12. The van der Waals surface area contributed by atoms with E-state index in [2.05, 4.69) is 20.0 Å². The first kappa shape index (κ1) is 19.2. The molecule has 0 saturated carbocycles. The highest BCUT2D eigenvalue weighted by Crippen LogP contribution is 2.26. The van der Waals surface area contributed by atoms with Crippen LogP contribution in [0, 0.1) is 5.82 Å². The Kier molecular flexibility index (Phi) is 6.48. The van der Waals surface area contributed by atoms with E-state index in [-0.39, 0.29) is 16.9 Å². The van der Waals surface area contributed by atoms with Gasteiger partial charge in [0, 0.05) is 17.2 Å². The molecular weight excluding hydrogens is 363 g/mol. The second-order valence-corrected chi connectivity index (χ2v) is 4.66. The van der Waals surface area contributed by atoms with Crippen molar-refractivity contribution in [3.8, 4) is 11.5 Å². The average molecular weight is 374 g/mol. The molecule has 2 aromatic rings. The van der Waals surface area contributed by atoms with Gasteiger partial charge in [-0.2, -0.15) is 22.7 Å². The third-order valence-corrected chi connectivity index (χ3v) is 2.90. The molecule has 0 bridgehead atoms. The number of hydrogen-bond donors (Lipinski definition) is 1. The summed E-state index contributed by atoms with van der Waals surface area (Å²) >= 11 is 0. The van der Waals surface area contributed by atoms with Crippen LogP contribution in [0.2, 0.25) is 0 Å².